The minimum atomic E-state index is -5.40. The lowest BCUT2D eigenvalue weighted by Crippen LogP contribution is -2.40. The number of guanidine groups is 1. The molecular weight excluding hydrogens is 762 g/mol. The first-order valence-electron chi connectivity index (χ1n) is 12.5. The quantitative estimate of drug-likeness (QED) is 0.0701. The molecule has 0 fully saturated rings. The molecule has 4 aromatic rings. The topological polar surface area (TPSA) is 357 Å². The summed E-state index contributed by atoms with van der Waals surface area (Å²) in [7, 11) is -20.8. The number of azo groups is 1. The number of hydrogen-bond donors (Lipinski definition) is 9. The average molecular weight is 780 g/mol. The smallest absolute Gasteiger partial charge is 0.296 e. The van der Waals surface area contributed by atoms with Crippen LogP contribution in [0.5, 0.6) is 11.5 Å². The molecule has 0 bridgehead atoms. The second-order valence-corrected chi connectivity index (χ2v) is 15.7. The molecule has 4 aromatic carbocycles. The van der Waals surface area contributed by atoms with Gasteiger partial charge < -0.3 is 26.6 Å². The van der Waals surface area contributed by atoms with E-state index in [4.69, 9.17) is 17.3 Å². The summed E-state index contributed by atoms with van der Waals surface area (Å²) in [5.74, 6) is -2.60. The molecule has 26 heteroatoms. The Morgan fingerprint density at radius 2 is 1.39 bits per heavy atom. The Balaban J connectivity index is 1.84. The van der Waals surface area contributed by atoms with Gasteiger partial charge in [-0.05, 0) is 47.3 Å². The Bertz CT molecular complexity index is 2650. The lowest BCUT2D eigenvalue weighted by atomic mass is 10.1. The number of benzene rings is 4. The van der Waals surface area contributed by atoms with Gasteiger partial charge in [-0.3, -0.25) is 18.2 Å². The van der Waals surface area contributed by atoms with Crippen LogP contribution in [-0.4, -0.2) is 79.6 Å². The fourth-order valence-electron chi connectivity index (χ4n) is 4.65. The maximum Gasteiger partial charge on any atom is 0.296 e. The molecule has 1 atom stereocenters. The number of fused-ring (bicyclic) bond motifs is 2. The van der Waals surface area contributed by atoms with Crippen molar-refractivity contribution in [1.82, 2.24) is 5.32 Å². The zero-order valence-electron chi connectivity index (χ0n) is 23.4. The predicted octanol–water partition coefficient (Wildman–Crippen LogP) is 2.01. The van der Waals surface area contributed by atoms with E-state index in [1.165, 1.54) is 0 Å². The molecule has 49 heavy (non-hydrogen) atoms. The van der Waals surface area contributed by atoms with Crippen LogP contribution in [-0.2, 0) is 40.5 Å². The van der Waals surface area contributed by atoms with Crippen molar-refractivity contribution in [2.75, 3.05) is 5.32 Å². The first kappa shape index (κ1) is 35.6. The molecule has 260 valence electrons. The third-order valence-electron chi connectivity index (χ3n) is 6.56. The van der Waals surface area contributed by atoms with Crippen molar-refractivity contribution in [2.24, 2.45) is 25.9 Å². The summed E-state index contributed by atoms with van der Waals surface area (Å²) in [6.45, 7) is 0. The van der Waals surface area contributed by atoms with Crippen LogP contribution in [0.4, 0.5) is 17.1 Å². The lowest BCUT2D eigenvalue weighted by Gasteiger charge is -2.20. The molecule has 0 radical (unpaired) electrons. The minimum Gasteiger partial charge on any atom is -0.505 e. The summed E-state index contributed by atoms with van der Waals surface area (Å²) in [5.41, 5.74) is 3.09. The number of amidine groups is 1. The first-order valence-corrected chi connectivity index (χ1v) is 18.6. The molecule has 0 amide bonds. The number of hydrogen-bond acceptors (Lipinski definition) is 17. The first-order chi connectivity index (χ1) is 22.5. The molecule has 1 aliphatic rings. The maximum atomic E-state index is 12.4. The third-order valence-corrected chi connectivity index (χ3v) is 10.2. The van der Waals surface area contributed by atoms with Crippen LogP contribution >= 0.6 is 11.6 Å². The van der Waals surface area contributed by atoms with Crippen molar-refractivity contribution >= 4 is 102 Å². The fourth-order valence-corrected chi connectivity index (χ4v) is 7.46. The van der Waals surface area contributed by atoms with Gasteiger partial charge in [0.15, 0.2) is 17.5 Å². The summed E-state index contributed by atoms with van der Waals surface area (Å²) in [4.78, 5) is 3.54. The molecule has 0 aliphatic carbocycles. The average Bonchev–Trinajstić information content (AvgIpc) is 2.94. The van der Waals surface area contributed by atoms with E-state index in [1.54, 1.807) is 0 Å². The Morgan fingerprint density at radius 3 is 1.96 bits per heavy atom. The molecular formula is C23H18ClN7O14S4. The summed E-state index contributed by atoms with van der Waals surface area (Å²) < 4.78 is 137. The third kappa shape index (κ3) is 7.05. The van der Waals surface area contributed by atoms with Gasteiger partial charge in [-0.2, -0.15) is 33.7 Å². The van der Waals surface area contributed by atoms with E-state index in [1.807, 2.05) is 0 Å². The van der Waals surface area contributed by atoms with E-state index in [9.17, 15) is 62.1 Å². The summed E-state index contributed by atoms with van der Waals surface area (Å²) in [6.07, 6.45) is -1.41. The van der Waals surface area contributed by atoms with Gasteiger partial charge >= 0.3 is 0 Å². The lowest BCUT2D eigenvalue weighted by molar-refractivity contribution is 0.471. The molecule has 21 nitrogen and oxygen atoms in total. The number of nitrogens with two attached hydrogens (primary N) is 1. The number of rotatable bonds is 8. The summed E-state index contributed by atoms with van der Waals surface area (Å²) in [5, 5.41) is 31.6. The van der Waals surface area contributed by atoms with E-state index in [0.717, 1.165) is 24.3 Å². The van der Waals surface area contributed by atoms with Crippen LogP contribution in [0.3, 0.4) is 0 Å². The molecule has 0 unspecified atom stereocenters. The number of aromatic hydroxyl groups is 2. The van der Waals surface area contributed by atoms with Gasteiger partial charge in [0.2, 0.25) is 11.6 Å². The van der Waals surface area contributed by atoms with Crippen LogP contribution in [0.1, 0.15) is 0 Å². The number of halogens is 1. The number of nitrogens with one attached hydrogen (secondary N) is 2. The predicted molar refractivity (Wildman–Crippen MR) is 170 cm³/mol. The van der Waals surface area contributed by atoms with Crippen molar-refractivity contribution in [3.8, 4) is 11.5 Å². The highest BCUT2D eigenvalue weighted by Gasteiger charge is 2.28. The van der Waals surface area contributed by atoms with Crippen molar-refractivity contribution in [2.45, 2.75) is 25.9 Å². The van der Waals surface area contributed by atoms with Gasteiger partial charge in [-0.15, -0.1) is 10.2 Å². The highest BCUT2D eigenvalue weighted by Crippen LogP contribution is 2.47. The van der Waals surface area contributed by atoms with Gasteiger partial charge in [-0.25, -0.2) is 9.98 Å². The zero-order chi connectivity index (χ0) is 36.4. The molecule has 0 saturated carbocycles. The molecule has 0 saturated heterocycles. The number of anilines is 1. The maximum absolute atomic E-state index is 12.4. The van der Waals surface area contributed by atoms with Crippen LogP contribution in [0.25, 0.3) is 21.5 Å². The van der Waals surface area contributed by atoms with Crippen LogP contribution in [0.2, 0.25) is 0 Å². The van der Waals surface area contributed by atoms with Gasteiger partial charge in [0.1, 0.15) is 26.1 Å². The van der Waals surface area contributed by atoms with Crippen LogP contribution < -0.4 is 16.4 Å². The molecule has 1 aliphatic heterocycles. The normalized spacial score (nSPS) is 16.1. The van der Waals surface area contributed by atoms with E-state index >= 15 is 0 Å². The van der Waals surface area contributed by atoms with Crippen LogP contribution in [0, 0.1) is 0 Å². The van der Waals surface area contributed by atoms with Crippen molar-refractivity contribution < 1.29 is 62.1 Å². The minimum absolute atomic E-state index is 0.267. The largest absolute Gasteiger partial charge is 0.505 e. The molecule has 10 N–H and O–H groups in total. The summed E-state index contributed by atoms with van der Waals surface area (Å²) >= 11 is 5.85. The summed E-state index contributed by atoms with van der Waals surface area (Å²) in [6, 6.07) is 5.25. The number of nitrogens with zero attached hydrogens (tertiary/aromatic N) is 4. The van der Waals surface area contributed by atoms with Crippen LogP contribution in [0.15, 0.2) is 82.3 Å². The Morgan fingerprint density at radius 1 is 0.755 bits per heavy atom. The van der Waals surface area contributed by atoms with Gasteiger partial charge in [0, 0.05) is 16.2 Å². The zero-order valence-corrected chi connectivity index (χ0v) is 27.5. The van der Waals surface area contributed by atoms with E-state index < -0.39 is 116 Å². The molecule has 0 aromatic heterocycles. The molecule has 0 spiro atoms. The van der Waals surface area contributed by atoms with Gasteiger partial charge in [-0.1, -0.05) is 12.1 Å². The van der Waals surface area contributed by atoms with E-state index in [2.05, 4.69) is 30.8 Å². The standard InChI is InChI=1S/C23H18ClN7O14S4/c24-21-27-22(25)29-23(28-21)26-11-6-9(46(34,35)36)4-8-5-15(49(43,44)45)18(20(33)16(8)11)31-30-12-7-14(48(40,41)42)10-2-1-3-13(47(37,38)39)17(10)19(12)32/h1-7,23,26,32-33H,(H,34,35,36)(H,37,38,39)(H,40,41,42)(H,43,44,45)(H3,25,27,28,29)/t23-/m0/s1. The highest BCUT2D eigenvalue weighted by molar-refractivity contribution is 7.87. The molecule has 5 rings (SSSR count). The number of phenols is 2. The van der Waals surface area contributed by atoms with Gasteiger partial charge in [0.25, 0.3) is 40.5 Å². The Labute approximate surface area is 279 Å². The molecule has 1 heterocycles. The van der Waals surface area contributed by atoms with Gasteiger partial charge in [0.05, 0.1) is 10.6 Å². The second kappa shape index (κ2) is 12.0. The van der Waals surface area contributed by atoms with Crippen molar-refractivity contribution in [3.05, 3.63) is 42.5 Å². The fraction of sp³-hybridized carbons (Fsp3) is 0.0435. The Kier molecular flexibility index (Phi) is 8.71. The Hall–Kier alpha value is -4.73. The SMILES string of the molecule is NC1=N[C@@H](Nc2cc(S(=O)(=O)O)cc3cc(S(=O)(=O)O)c(N=Nc4cc(S(=O)(=O)O)c5cccc(S(=O)(=O)O)c5c4O)c(O)c23)N=C(Cl)N1. The van der Waals surface area contributed by atoms with E-state index in [0.29, 0.717) is 18.2 Å². The van der Waals surface area contributed by atoms with Crippen molar-refractivity contribution in [3.63, 3.8) is 0 Å². The highest BCUT2D eigenvalue weighted by atomic mass is 35.5. The monoisotopic (exact) mass is 779 g/mol. The van der Waals surface area contributed by atoms with E-state index in [-0.39, 0.29) is 11.3 Å². The number of phenolic OH excluding ortho intramolecular Hbond substituents is 2. The second-order valence-electron chi connectivity index (χ2n) is 9.74. The van der Waals surface area contributed by atoms with Crippen molar-refractivity contribution in [1.29, 1.82) is 0 Å². The number of aliphatic imine (C=N–C) groups is 2.